The molecule has 0 saturated carbocycles. The first-order valence-corrected chi connectivity index (χ1v) is 7.31. The molecule has 1 N–H and O–H groups in total. The molecule has 0 aliphatic rings. The molecule has 1 aromatic carbocycles. The number of aromatic nitrogens is 1. The van der Waals surface area contributed by atoms with Gasteiger partial charge in [0, 0.05) is 29.1 Å². The fourth-order valence-electron chi connectivity index (χ4n) is 1.83. The molecule has 1 aromatic heterocycles. The van der Waals surface area contributed by atoms with Crippen LogP contribution in [0.5, 0.6) is 0 Å². The van der Waals surface area contributed by atoms with Crippen molar-refractivity contribution in [3.05, 3.63) is 50.1 Å². The normalized spacial score (nSPS) is 12.7. The molecule has 0 fully saturated rings. The lowest BCUT2D eigenvalue weighted by molar-refractivity contribution is 0.530. The maximum atomic E-state index is 14.0. The molecule has 1 heterocycles. The highest BCUT2D eigenvalue weighted by Gasteiger charge is 2.17. The van der Waals surface area contributed by atoms with Gasteiger partial charge < -0.3 is 5.32 Å². The van der Waals surface area contributed by atoms with E-state index >= 15 is 0 Å². The van der Waals surface area contributed by atoms with Crippen LogP contribution in [-0.2, 0) is 6.42 Å². The monoisotopic (exact) mass is 328 g/mol. The van der Waals surface area contributed by atoms with E-state index in [9.17, 15) is 4.39 Å². The minimum absolute atomic E-state index is 0.0620. The smallest absolute Gasteiger partial charge is 0.142 e. The van der Waals surface area contributed by atoms with Gasteiger partial charge in [0.15, 0.2) is 0 Å². The highest BCUT2D eigenvalue weighted by Crippen LogP contribution is 2.26. The van der Waals surface area contributed by atoms with E-state index in [4.69, 9.17) is 0 Å². The molecule has 5 heteroatoms. The number of hydrogen-bond donors (Lipinski definition) is 1. The summed E-state index contributed by atoms with van der Waals surface area (Å²) in [6.07, 6.45) is 0.697. The molecule has 0 bridgehead atoms. The van der Waals surface area contributed by atoms with Crippen LogP contribution in [0.1, 0.15) is 22.3 Å². The predicted octanol–water partition coefficient (Wildman–Crippen LogP) is 3.86. The maximum Gasteiger partial charge on any atom is 0.142 e. The summed E-state index contributed by atoms with van der Waals surface area (Å²) in [4.78, 5) is 4.42. The second kappa shape index (κ2) is 5.91. The van der Waals surface area contributed by atoms with Gasteiger partial charge in [-0.25, -0.2) is 9.37 Å². The van der Waals surface area contributed by atoms with E-state index in [0.29, 0.717) is 16.5 Å². The van der Waals surface area contributed by atoms with Crippen molar-refractivity contribution in [2.75, 3.05) is 7.05 Å². The molecule has 0 radical (unpaired) electrons. The van der Waals surface area contributed by atoms with Gasteiger partial charge in [-0.1, -0.05) is 12.1 Å². The Bertz CT molecular complexity index is 542. The van der Waals surface area contributed by atoms with Crippen LogP contribution >= 0.6 is 27.3 Å². The van der Waals surface area contributed by atoms with Crippen LogP contribution in [0.3, 0.4) is 0 Å². The SMILES string of the molecule is CNC(Cc1nc(C)cs1)c1cccc(Br)c1F. The van der Waals surface area contributed by atoms with Gasteiger partial charge in [0.25, 0.3) is 0 Å². The van der Waals surface area contributed by atoms with E-state index in [2.05, 4.69) is 26.2 Å². The number of aryl methyl sites for hydroxylation is 1. The van der Waals surface area contributed by atoms with Crippen LogP contribution in [0.15, 0.2) is 28.1 Å². The van der Waals surface area contributed by atoms with Crippen molar-refractivity contribution < 1.29 is 4.39 Å². The van der Waals surface area contributed by atoms with Gasteiger partial charge in [-0.3, -0.25) is 0 Å². The Morgan fingerprint density at radius 2 is 2.28 bits per heavy atom. The molecule has 2 nitrogen and oxygen atoms in total. The standard InChI is InChI=1S/C13H14BrFN2S/c1-8-7-18-12(17-8)6-11(16-2)9-4-3-5-10(14)13(9)15/h3-5,7,11,16H,6H2,1-2H3. The minimum atomic E-state index is -0.204. The molecule has 2 rings (SSSR count). The number of nitrogens with zero attached hydrogens (tertiary/aromatic N) is 1. The summed E-state index contributed by atoms with van der Waals surface area (Å²) in [5, 5.41) is 6.18. The van der Waals surface area contributed by atoms with E-state index in [0.717, 1.165) is 10.7 Å². The fraction of sp³-hybridized carbons (Fsp3) is 0.308. The molecular weight excluding hydrogens is 315 g/mol. The zero-order valence-electron chi connectivity index (χ0n) is 10.2. The summed E-state index contributed by atoms with van der Waals surface area (Å²) in [5.74, 6) is -0.204. The third-order valence-corrected chi connectivity index (χ3v) is 4.35. The molecular formula is C13H14BrFN2S. The highest BCUT2D eigenvalue weighted by atomic mass is 79.9. The van der Waals surface area contributed by atoms with Crippen molar-refractivity contribution in [2.45, 2.75) is 19.4 Å². The van der Waals surface area contributed by atoms with Crippen LogP contribution in [-0.4, -0.2) is 12.0 Å². The quantitative estimate of drug-likeness (QED) is 0.921. The van der Waals surface area contributed by atoms with Crippen molar-refractivity contribution in [1.29, 1.82) is 0 Å². The summed E-state index contributed by atoms with van der Waals surface area (Å²) in [5.41, 5.74) is 1.68. The van der Waals surface area contributed by atoms with Gasteiger partial charge >= 0.3 is 0 Å². The summed E-state index contributed by atoms with van der Waals surface area (Å²) in [6, 6.07) is 5.30. The maximum absolute atomic E-state index is 14.0. The predicted molar refractivity (Wildman–Crippen MR) is 76.5 cm³/mol. The number of halogens is 2. The zero-order chi connectivity index (χ0) is 13.1. The third kappa shape index (κ3) is 2.96. The first-order chi connectivity index (χ1) is 8.61. The lowest BCUT2D eigenvalue weighted by atomic mass is 10.0. The Labute approximate surface area is 118 Å². The molecule has 18 heavy (non-hydrogen) atoms. The molecule has 1 unspecified atom stereocenters. The van der Waals surface area contributed by atoms with Crippen molar-refractivity contribution in [1.82, 2.24) is 10.3 Å². The summed E-state index contributed by atoms with van der Waals surface area (Å²) >= 11 is 4.83. The Morgan fingerprint density at radius 1 is 1.50 bits per heavy atom. The van der Waals surface area contributed by atoms with Gasteiger partial charge in [0.05, 0.1) is 9.48 Å². The number of benzene rings is 1. The number of thiazole rings is 1. The molecule has 0 spiro atoms. The zero-order valence-corrected chi connectivity index (χ0v) is 12.6. The summed E-state index contributed by atoms with van der Waals surface area (Å²) in [7, 11) is 1.84. The van der Waals surface area contributed by atoms with Gasteiger partial charge in [-0.05, 0) is 36.0 Å². The second-order valence-corrected chi connectivity index (χ2v) is 5.87. The van der Waals surface area contributed by atoms with E-state index in [1.54, 1.807) is 17.4 Å². The molecule has 0 aliphatic carbocycles. The Balaban J connectivity index is 2.25. The van der Waals surface area contributed by atoms with Crippen LogP contribution in [0.2, 0.25) is 0 Å². The van der Waals surface area contributed by atoms with E-state index in [1.165, 1.54) is 0 Å². The van der Waals surface area contributed by atoms with Crippen LogP contribution in [0.4, 0.5) is 4.39 Å². The second-order valence-electron chi connectivity index (χ2n) is 4.07. The molecule has 1 atom stereocenters. The largest absolute Gasteiger partial charge is 0.313 e. The van der Waals surface area contributed by atoms with Crippen molar-refractivity contribution in [3.8, 4) is 0 Å². The molecule has 0 saturated heterocycles. The lowest BCUT2D eigenvalue weighted by Crippen LogP contribution is -2.20. The molecule has 96 valence electrons. The Hall–Kier alpha value is -0.780. The van der Waals surface area contributed by atoms with Crippen molar-refractivity contribution in [2.24, 2.45) is 0 Å². The lowest BCUT2D eigenvalue weighted by Gasteiger charge is -2.16. The van der Waals surface area contributed by atoms with Crippen LogP contribution in [0.25, 0.3) is 0 Å². The first-order valence-electron chi connectivity index (χ1n) is 5.64. The van der Waals surface area contributed by atoms with E-state index in [-0.39, 0.29) is 11.9 Å². The number of nitrogens with one attached hydrogen (secondary N) is 1. The average Bonchev–Trinajstić information content (AvgIpc) is 2.76. The van der Waals surface area contributed by atoms with Crippen LogP contribution in [0, 0.1) is 12.7 Å². The van der Waals surface area contributed by atoms with Crippen LogP contribution < -0.4 is 5.32 Å². The summed E-state index contributed by atoms with van der Waals surface area (Å²) in [6.45, 7) is 1.97. The number of hydrogen-bond acceptors (Lipinski definition) is 3. The Morgan fingerprint density at radius 3 is 2.89 bits per heavy atom. The van der Waals surface area contributed by atoms with Gasteiger partial charge in [-0.15, -0.1) is 11.3 Å². The van der Waals surface area contributed by atoms with E-state index in [1.807, 2.05) is 31.5 Å². The number of rotatable bonds is 4. The van der Waals surface area contributed by atoms with Crippen molar-refractivity contribution >= 4 is 27.3 Å². The van der Waals surface area contributed by atoms with Gasteiger partial charge in [0.1, 0.15) is 5.82 Å². The topological polar surface area (TPSA) is 24.9 Å². The molecule has 2 aromatic rings. The molecule has 0 aliphatic heterocycles. The molecule has 0 amide bonds. The van der Waals surface area contributed by atoms with E-state index < -0.39 is 0 Å². The van der Waals surface area contributed by atoms with Gasteiger partial charge in [0.2, 0.25) is 0 Å². The van der Waals surface area contributed by atoms with Crippen molar-refractivity contribution in [3.63, 3.8) is 0 Å². The number of likely N-dealkylation sites (N-methyl/N-ethyl adjacent to an activating group) is 1. The first kappa shape index (κ1) is 13.6. The fourth-order valence-corrected chi connectivity index (χ4v) is 3.03. The average molecular weight is 329 g/mol. The third-order valence-electron chi connectivity index (χ3n) is 2.75. The Kier molecular flexibility index (Phi) is 4.48. The minimum Gasteiger partial charge on any atom is -0.313 e. The summed E-state index contributed by atoms with van der Waals surface area (Å²) < 4.78 is 14.5. The van der Waals surface area contributed by atoms with Gasteiger partial charge in [-0.2, -0.15) is 0 Å². The highest BCUT2D eigenvalue weighted by molar-refractivity contribution is 9.10.